The van der Waals surface area contributed by atoms with E-state index < -0.39 is 0 Å². The first-order valence-corrected chi connectivity index (χ1v) is 27.5. The molecule has 13 aromatic rings. The van der Waals surface area contributed by atoms with Gasteiger partial charge in [-0.25, -0.2) is 15.0 Å². The maximum atomic E-state index is 6.63. The molecule has 0 saturated carbocycles. The van der Waals surface area contributed by atoms with Crippen LogP contribution in [0.3, 0.4) is 0 Å². The second-order valence-corrected chi connectivity index (χ2v) is 20.7. The van der Waals surface area contributed by atoms with Gasteiger partial charge < -0.3 is 14.1 Å². The van der Waals surface area contributed by atoms with Crippen molar-refractivity contribution in [2.45, 2.75) is 12.3 Å². The van der Waals surface area contributed by atoms with Gasteiger partial charge in [0.15, 0.2) is 17.5 Å². The molecule has 2 aromatic heterocycles. The van der Waals surface area contributed by atoms with Gasteiger partial charge in [-0.05, 0) is 135 Å². The molecule has 0 amide bonds. The molecule has 15 rings (SSSR count). The summed E-state index contributed by atoms with van der Waals surface area (Å²) in [5, 5.41) is 2.05. The van der Waals surface area contributed by atoms with Gasteiger partial charge >= 0.3 is 0 Å². The molecule has 382 valence electrons. The second-order valence-electron chi connectivity index (χ2n) is 20.7. The number of hydrogen-bond acceptors (Lipinski definition) is 6. The van der Waals surface area contributed by atoms with E-state index in [2.05, 4.69) is 248 Å². The van der Waals surface area contributed by atoms with E-state index in [-0.39, 0.29) is 5.92 Å². The Hall–Kier alpha value is -10.7. The summed E-state index contributed by atoms with van der Waals surface area (Å²) in [5.74, 6) is 3.83. The fourth-order valence-electron chi connectivity index (χ4n) is 11.7. The van der Waals surface area contributed by atoms with E-state index in [0.717, 1.165) is 124 Å². The summed E-state index contributed by atoms with van der Waals surface area (Å²) in [4.78, 5) is 18.4. The molecule has 0 radical (unpaired) electrons. The second kappa shape index (κ2) is 20.3. The molecule has 1 aliphatic carbocycles. The van der Waals surface area contributed by atoms with Gasteiger partial charge in [0.05, 0.1) is 5.56 Å². The minimum absolute atomic E-state index is 0.221. The smallest absolute Gasteiger partial charge is 0.167 e. The summed E-state index contributed by atoms with van der Waals surface area (Å²) < 4.78 is 13.2. The molecule has 6 heteroatoms. The first kappa shape index (κ1) is 47.5. The minimum Gasteiger partial charge on any atom is -0.460 e. The number of aromatic nitrogens is 3. The van der Waals surface area contributed by atoms with Crippen molar-refractivity contribution in [3.05, 3.63) is 302 Å². The molecule has 2 aliphatic rings. The summed E-state index contributed by atoms with van der Waals surface area (Å²) in [6.07, 6.45) is 5.42. The molecular weight excluding hydrogens is 989 g/mol. The standard InChI is InChI=1S/C75H50N4O2/c1-4-18-49(19-5-1)52-36-40-60(41-37-52)79(61-42-38-53(39-43-61)63-30-16-31-66-64-28-10-12-34-69(64)80-71(63)66)62-27-15-25-55(48-62)54-24-14-26-56(44-54)73-76-74(78-75(77-73)68-33-17-32-67-65-29-11-13-35-70(65)81-72(67)68)59-46-57(50-20-6-2-7-21-50)45-58(47-59)51-22-8-3-9-23-51/h1-30,32-48,66H,31H2. The highest BCUT2D eigenvalue weighted by Crippen LogP contribution is 2.49. The van der Waals surface area contributed by atoms with Gasteiger partial charge in [0.1, 0.15) is 22.7 Å². The molecule has 1 unspecified atom stereocenters. The van der Waals surface area contributed by atoms with Crippen LogP contribution >= 0.6 is 0 Å². The van der Waals surface area contributed by atoms with Crippen LogP contribution in [-0.2, 0) is 0 Å². The number of hydrogen-bond donors (Lipinski definition) is 0. The van der Waals surface area contributed by atoms with E-state index in [9.17, 15) is 0 Å². The molecule has 0 bridgehead atoms. The van der Waals surface area contributed by atoms with Crippen molar-refractivity contribution >= 4 is 44.6 Å². The fourth-order valence-corrected chi connectivity index (χ4v) is 11.7. The minimum atomic E-state index is 0.221. The summed E-state index contributed by atoms with van der Waals surface area (Å²) in [6, 6.07) is 95.9. The van der Waals surface area contributed by atoms with Gasteiger partial charge in [0, 0.05) is 56.0 Å². The SMILES string of the molecule is C1=CC(c2ccc(N(c3ccc(-c4ccccc4)cc3)c3cccc(-c4cccc(-c5nc(-c6cc(-c7ccccc7)cc(-c7ccccc7)c6)nc(-c6cccc7c6oc6ccccc67)n5)c4)c3)cc2)=C2Oc3ccccc3C2C1. The van der Waals surface area contributed by atoms with E-state index in [1.54, 1.807) is 0 Å². The quantitative estimate of drug-likeness (QED) is 0.129. The first-order chi connectivity index (χ1) is 40.1. The molecule has 11 aromatic carbocycles. The van der Waals surface area contributed by atoms with E-state index in [1.807, 2.05) is 42.5 Å². The van der Waals surface area contributed by atoms with Crippen molar-refractivity contribution in [3.8, 4) is 84.4 Å². The van der Waals surface area contributed by atoms with Crippen LogP contribution in [0.25, 0.3) is 106 Å². The predicted molar refractivity (Wildman–Crippen MR) is 330 cm³/mol. The van der Waals surface area contributed by atoms with Gasteiger partial charge in [-0.3, -0.25) is 0 Å². The third-order valence-corrected chi connectivity index (χ3v) is 15.7. The number of benzene rings is 11. The van der Waals surface area contributed by atoms with Gasteiger partial charge in [0.2, 0.25) is 0 Å². The molecule has 1 atom stereocenters. The zero-order valence-corrected chi connectivity index (χ0v) is 44.0. The van der Waals surface area contributed by atoms with Crippen molar-refractivity contribution in [2.75, 3.05) is 4.90 Å². The predicted octanol–water partition coefficient (Wildman–Crippen LogP) is 19.8. The Morgan fingerprint density at radius 2 is 0.864 bits per heavy atom. The van der Waals surface area contributed by atoms with E-state index in [1.165, 1.54) is 11.1 Å². The Morgan fingerprint density at radius 3 is 1.58 bits per heavy atom. The highest BCUT2D eigenvalue weighted by Gasteiger charge is 2.33. The maximum Gasteiger partial charge on any atom is 0.167 e. The average molecular weight is 1040 g/mol. The van der Waals surface area contributed by atoms with Crippen LogP contribution in [0.5, 0.6) is 5.75 Å². The monoisotopic (exact) mass is 1040 g/mol. The number of para-hydroxylation sites is 3. The number of anilines is 3. The van der Waals surface area contributed by atoms with Crippen LogP contribution in [0, 0.1) is 0 Å². The summed E-state index contributed by atoms with van der Waals surface area (Å²) in [6.45, 7) is 0. The number of allylic oxidation sites excluding steroid dienone is 4. The van der Waals surface area contributed by atoms with Crippen molar-refractivity contribution in [1.82, 2.24) is 15.0 Å². The lowest BCUT2D eigenvalue weighted by Crippen LogP contribution is -2.10. The average Bonchev–Trinajstić information content (AvgIpc) is 4.38. The Kier molecular flexibility index (Phi) is 11.9. The zero-order chi connectivity index (χ0) is 53.6. The van der Waals surface area contributed by atoms with E-state index >= 15 is 0 Å². The summed E-state index contributed by atoms with van der Waals surface area (Å²) in [5.41, 5.74) is 19.4. The molecule has 6 nitrogen and oxygen atoms in total. The van der Waals surface area contributed by atoms with Gasteiger partial charge in [-0.2, -0.15) is 0 Å². The Balaban J connectivity index is 0.844. The topological polar surface area (TPSA) is 64.3 Å². The van der Waals surface area contributed by atoms with Crippen LogP contribution in [0.1, 0.15) is 23.5 Å². The molecule has 0 fully saturated rings. The van der Waals surface area contributed by atoms with Crippen molar-refractivity contribution < 1.29 is 9.15 Å². The zero-order valence-electron chi connectivity index (χ0n) is 44.0. The van der Waals surface area contributed by atoms with Crippen molar-refractivity contribution in [2.24, 2.45) is 0 Å². The van der Waals surface area contributed by atoms with E-state index in [0.29, 0.717) is 17.5 Å². The number of nitrogens with zero attached hydrogens (tertiary/aromatic N) is 4. The number of fused-ring (bicyclic) bond motifs is 6. The molecular formula is C75H50N4O2. The first-order valence-electron chi connectivity index (χ1n) is 27.5. The Labute approximate surface area is 469 Å². The largest absolute Gasteiger partial charge is 0.460 e. The van der Waals surface area contributed by atoms with Gasteiger partial charge in [-0.1, -0.05) is 206 Å². The van der Waals surface area contributed by atoms with Crippen LogP contribution in [0.15, 0.2) is 295 Å². The summed E-state index contributed by atoms with van der Waals surface area (Å²) >= 11 is 0. The lowest BCUT2D eigenvalue weighted by Gasteiger charge is -2.27. The number of rotatable bonds is 11. The van der Waals surface area contributed by atoms with Crippen LogP contribution in [0.4, 0.5) is 17.1 Å². The molecule has 3 heterocycles. The Bertz CT molecular complexity index is 4510. The molecule has 81 heavy (non-hydrogen) atoms. The maximum absolute atomic E-state index is 6.63. The lowest BCUT2D eigenvalue weighted by atomic mass is 9.87. The van der Waals surface area contributed by atoms with Crippen LogP contribution in [0.2, 0.25) is 0 Å². The molecule has 0 saturated heterocycles. The van der Waals surface area contributed by atoms with Gasteiger partial charge in [-0.15, -0.1) is 0 Å². The Morgan fingerprint density at radius 1 is 0.358 bits per heavy atom. The van der Waals surface area contributed by atoms with Crippen molar-refractivity contribution in [1.29, 1.82) is 0 Å². The van der Waals surface area contributed by atoms with Crippen molar-refractivity contribution in [3.63, 3.8) is 0 Å². The normalized spacial score (nSPS) is 13.5. The third kappa shape index (κ3) is 8.95. The van der Waals surface area contributed by atoms with E-state index in [4.69, 9.17) is 24.1 Å². The van der Waals surface area contributed by atoms with Gasteiger partial charge in [0.25, 0.3) is 0 Å². The highest BCUT2D eigenvalue weighted by molar-refractivity contribution is 6.09. The van der Waals surface area contributed by atoms with Crippen LogP contribution in [-0.4, -0.2) is 15.0 Å². The third-order valence-electron chi connectivity index (χ3n) is 15.7. The lowest BCUT2D eigenvalue weighted by molar-refractivity contribution is 0.429. The fraction of sp³-hybridized carbons (Fsp3) is 0.0267. The number of furan rings is 1. The van der Waals surface area contributed by atoms with Crippen LogP contribution < -0.4 is 9.64 Å². The highest BCUT2D eigenvalue weighted by atomic mass is 16.5. The molecule has 0 spiro atoms. The number of ether oxygens (including phenoxy) is 1. The molecule has 0 N–H and O–H groups in total. The summed E-state index contributed by atoms with van der Waals surface area (Å²) in [7, 11) is 0. The molecule has 1 aliphatic heterocycles.